The zero-order valence-electron chi connectivity index (χ0n) is 19.9. The number of nitrogens with one attached hydrogen (secondary N) is 1. The van der Waals surface area contributed by atoms with Crippen LogP contribution in [-0.4, -0.2) is 47.3 Å². The van der Waals surface area contributed by atoms with Gasteiger partial charge in [-0.15, -0.1) is 0 Å². The molecule has 2 heterocycles. The molecule has 0 unspecified atom stereocenters. The molecule has 12 nitrogen and oxygen atoms in total. The topological polar surface area (TPSA) is 166 Å². The van der Waals surface area contributed by atoms with E-state index >= 15 is 0 Å². The highest BCUT2D eigenvalue weighted by Crippen LogP contribution is 2.36. The third-order valence-corrected chi connectivity index (χ3v) is 5.53. The molecule has 0 atom stereocenters. The number of hydrogen-bond acceptors (Lipinski definition) is 7. The molecule has 39 heavy (non-hydrogen) atoms. The number of ether oxygens (including phenoxy) is 1. The number of rotatable bonds is 7. The number of halogens is 3. The number of fused-ring (bicyclic) bond motifs is 1. The molecule has 0 aliphatic carbocycles. The summed E-state index contributed by atoms with van der Waals surface area (Å²) in [7, 11) is 0. The molecule has 15 heteroatoms. The minimum Gasteiger partial charge on any atom is -0.478 e. The van der Waals surface area contributed by atoms with Gasteiger partial charge < -0.3 is 24.1 Å². The molecule has 3 N–H and O–H groups in total. The van der Waals surface area contributed by atoms with Crippen LogP contribution in [0.25, 0.3) is 16.7 Å². The van der Waals surface area contributed by atoms with Crippen LogP contribution >= 0.6 is 0 Å². The summed E-state index contributed by atoms with van der Waals surface area (Å²) in [5, 5.41) is 20.6. The van der Waals surface area contributed by atoms with Crippen molar-refractivity contribution >= 4 is 34.8 Å². The van der Waals surface area contributed by atoms with Gasteiger partial charge in [0.05, 0.1) is 39.9 Å². The molecule has 0 fully saturated rings. The van der Waals surface area contributed by atoms with Crippen LogP contribution in [-0.2, 0) is 24.1 Å². The van der Waals surface area contributed by atoms with Gasteiger partial charge in [0.25, 0.3) is 5.56 Å². The molecule has 0 bridgehead atoms. The Balaban J connectivity index is 1.62. The van der Waals surface area contributed by atoms with Crippen molar-refractivity contribution in [2.45, 2.75) is 26.3 Å². The molecule has 0 aliphatic heterocycles. The summed E-state index contributed by atoms with van der Waals surface area (Å²) in [6.45, 7) is 0.974. The predicted molar refractivity (Wildman–Crippen MR) is 128 cm³/mol. The maximum absolute atomic E-state index is 14.0. The van der Waals surface area contributed by atoms with Gasteiger partial charge in [0.15, 0.2) is 0 Å². The molecule has 0 aliphatic rings. The van der Waals surface area contributed by atoms with Crippen molar-refractivity contribution in [3.63, 3.8) is 0 Å². The van der Waals surface area contributed by atoms with Gasteiger partial charge in [-0.25, -0.2) is 24.4 Å². The van der Waals surface area contributed by atoms with E-state index in [2.05, 4.69) is 15.3 Å². The van der Waals surface area contributed by atoms with Crippen molar-refractivity contribution in [1.82, 2.24) is 19.1 Å². The van der Waals surface area contributed by atoms with Crippen LogP contribution in [0.1, 0.15) is 39.0 Å². The van der Waals surface area contributed by atoms with E-state index in [4.69, 9.17) is 9.84 Å². The summed E-state index contributed by atoms with van der Waals surface area (Å²) in [5.74, 6) is -2.76. The third-order valence-electron chi connectivity index (χ3n) is 5.53. The van der Waals surface area contributed by atoms with Crippen molar-refractivity contribution in [3.8, 4) is 5.69 Å². The fraction of sp³-hybridized carbons (Fsp3) is 0.167. The molecule has 202 valence electrons. The molecule has 1 amide bonds. The summed E-state index contributed by atoms with van der Waals surface area (Å²) in [5.41, 5.74) is -3.45. The standard InChI is InChI=1S/C24H18F3N5O7/c1-2-32-18-7-15(24(25,26)27)17(8-16(18)30-19(20(32)33)22(36)37)31-9-14(28-11-31)10-39-23(38)29-13-5-3-12(4-6-13)21(34)35/h3-9,11H,2,10H2,1H3,(H,29,38)(H,34,35)(H,36,37). The number of imidazole rings is 1. The summed E-state index contributed by atoms with van der Waals surface area (Å²) in [4.78, 5) is 54.6. The molecule has 2 aromatic carbocycles. The summed E-state index contributed by atoms with van der Waals surface area (Å²) in [6, 6.07) is 6.95. The van der Waals surface area contributed by atoms with Gasteiger partial charge in [-0.1, -0.05) is 0 Å². The molecule has 0 saturated carbocycles. The second kappa shape index (κ2) is 10.3. The van der Waals surface area contributed by atoms with E-state index in [0.29, 0.717) is 6.07 Å². The minimum absolute atomic E-state index is 0.0127. The number of carboxylic acids is 2. The zero-order chi connectivity index (χ0) is 28.5. The zero-order valence-corrected chi connectivity index (χ0v) is 19.9. The lowest BCUT2D eigenvalue weighted by Crippen LogP contribution is -2.28. The Morgan fingerprint density at radius 2 is 1.77 bits per heavy atom. The van der Waals surface area contributed by atoms with E-state index in [1.165, 1.54) is 37.4 Å². The smallest absolute Gasteiger partial charge is 0.418 e. The second-order valence-corrected chi connectivity index (χ2v) is 8.03. The summed E-state index contributed by atoms with van der Waals surface area (Å²) < 4.78 is 48.9. The molecule has 0 saturated heterocycles. The van der Waals surface area contributed by atoms with Crippen LogP contribution in [0.15, 0.2) is 53.7 Å². The first-order chi connectivity index (χ1) is 18.4. The number of aryl methyl sites for hydroxylation is 1. The lowest BCUT2D eigenvalue weighted by molar-refractivity contribution is -0.137. The maximum Gasteiger partial charge on any atom is 0.418 e. The van der Waals surface area contributed by atoms with E-state index in [-0.39, 0.29) is 34.5 Å². The number of carbonyl (C=O) groups is 3. The number of aromatic nitrogens is 4. The molecule has 4 rings (SSSR count). The van der Waals surface area contributed by atoms with Gasteiger partial charge in [0, 0.05) is 18.4 Å². The molecular weight excluding hydrogens is 527 g/mol. The first-order valence-corrected chi connectivity index (χ1v) is 11.1. The van der Waals surface area contributed by atoms with Crippen LogP contribution in [0, 0.1) is 0 Å². The number of alkyl halides is 3. The number of hydrogen-bond donors (Lipinski definition) is 3. The average molecular weight is 545 g/mol. The Morgan fingerprint density at radius 1 is 1.08 bits per heavy atom. The number of carbonyl (C=O) groups excluding carboxylic acids is 1. The quantitative estimate of drug-likeness (QED) is 0.313. The highest BCUT2D eigenvalue weighted by Gasteiger charge is 2.35. The molecule has 4 aromatic rings. The number of carboxylic acid groups (broad SMARTS) is 2. The normalized spacial score (nSPS) is 11.4. The van der Waals surface area contributed by atoms with E-state index in [9.17, 15) is 37.5 Å². The average Bonchev–Trinajstić information content (AvgIpc) is 3.35. The summed E-state index contributed by atoms with van der Waals surface area (Å²) in [6.07, 6.45) is -3.55. The van der Waals surface area contributed by atoms with Gasteiger partial charge in [0.2, 0.25) is 5.69 Å². The second-order valence-electron chi connectivity index (χ2n) is 8.03. The first-order valence-electron chi connectivity index (χ1n) is 11.1. The van der Waals surface area contributed by atoms with Crippen molar-refractivity contribution in [3.05, 3.63) is 81.8 Å². The third kappa shape index (κ3) is 5.56. The van der Waals surface area contributed by atoms with Crippen LogP contribution in [0.4, 0.5) is 23.7 Å². The largest absolute Gasteiger partial charge is 0.478 e. The number of nitrogens with zero attached hydrogens (tertiary/aromatic N) is 4. The predicted octanol–water partition coefficient (Wildman–Crippen LogP) is 3.77. The highest BCUT2D eigenvalue weighted by atomic mass is 19.4. The van der Waals surface area contributed by atoms with Crippen molar-refractivity contribution in [2.75, 3.05) is 5.32 Å². The lowest BCUT2D eigenvalue weighted by Gasteiger charge is -2.17. The van der Waals surface area contributed by atoms with Crippen molar-refractivity contribution in [2.24, 2.45) is 0 Å². The molecular formula is C24H18F3N5O7. The highest BCUT2D eigenvalue weighted by molar-refractivity contribution is 5.90. The number of aromatic carboxylic acids is 2. The van der Waals surface area contributed by atoms with Crippen molar-refractivity contribution in [1.29, 1.82) is 0 Å². The van der Waals surface area contributed by atoms with Crippen LogP contribution in [0.3, 0.4) is 0 Å². The molecule has 0 radical (unpaired) electrons. The van der Waals surface area contributed by atoms with Gasteiger partial charge in [-0.3, -0.25) is 10.1 Å². The maximum atomic E-state index is 14.0. The van der Waals surface area contributed by atoms with Gasteiger partial charge in [0.1, 0.15) is 6.61 Å². The van der Waals surface area contributed by atoms with E-state index in [0.717, 1.165) is 21.5 Å². The lowest BCUT2D eigenvalue weighted by atomic mass is 10.1. The van der Waals surface area contributed by atoms with Gasteiger partial charge in [-0.2, -0.15) is 13.2 Å². The monoisotopic (exact) mass is 545 g/mol. The number of amides is 1. The van der Waals surface area contributed by atoms with Crippen LogP contribution in [0.5, 0.6) is 0 Å². The first kappa shape index (κ1) is 26.8. The molecule has 0 spiro atoms. The Bertz CT molecular complexity index is 1660. The Morgan fingerprint density at radius 3 is 2.36 bits per heavy atom. The Kier molecular flexibility index (Phi) is 7.07. The number of anilines is 1. The van der Waals surface area contributed by atoms with Gasteiger partial charge >= 0.3 is 24.2 Å². The summed E-state index contributed by atoms with van der Waals surface area (Å²) >= 11 is 0. The SMILES string of the molecule is CCn1c(=O)c(C(=O)O)nc2cc(-n3cnc(COC(=O)Nc4ccc(C(=O)O)cc4)c3)c(C(F)(F)F)cc21. The van der Waals surface area contributed by atoms with E-state index < -0.39 is 53.3 Å². The van der Waals surface area contributed by atoms with E-state index in [1.807, 2.05) is 0 Å². The van der Waals surface area contributed by atoms with Crippen molar-refractivity contribution < 1.29 is 42.5 Å². The van der Waals surface area contributed by atoms with E-state index in [1.54, 1.807) is 0 Å². The fourth-order valence-electron chi connectivity index (χ4n) is 3.73. The van der Waals surface area contributed by atoms with Crippen LogP contribution in [0.2, 0.25) is 0 Å². The number of benzene rings is 2. The minimum atomic E-state index is -4.86. The fourth-order valence-corrected chi connectivity index (χ4v) is 3.73. The molecule has 2 aromatic heterocycles. The van der Waals surface area contributed by atoms with Gasteiger partial charge in [-0.05, 0) is 43.3 Å². The van der Waals surface area contributed by atoms with Crippen LogP contribution < -0.4 is 10.9 Å². The Hall–Kier alpha value is -5.21. The Labute approximate surface area is 215 Å².